The number of ether oxygens (including phenoxy) is 1. The van der Waals surface area contributed by atoms with Crippen LogP contribution in [0.4, 0.5) is 0 Å². The van der Waals surface area contributed by atoms with Crippen LogP contribution in [-0.2, 0) is 4.74 Å². The maximum atomic E-state index is 12.7. The third kappa shape index (κ3) is 2.38. The summed E-state index contributed by atoms with van der Waals surface area (Å²) in [6.45, 7) is 3.95. The molecular weight excluding hydrogens is 238 g/mol. The summed E-state index contributed by atoms with van der Waals surface area (Å²) in [5, 5.41) is 1.04. The molecule has 0 unspecified atom stereocenters. The Hall–Kier alpha value is -1.74. The lowest BCUT2D eigenvalue weighted by Crippen LogP contribution is -2.39. The second-order valence-corrected chi connectivity index (χ2v) is 4.65. The first-order chi connectivity index (χ1) is 9.16. The standard InChI is InChI=1S/C16H19NO2/c1-4-16(5-2,19-3)15(18)13-9-8-12-7-6-10-17-14(12)11-13/h6-11H,4-5H2,1-3H3. The lowest BCUT2D eigenvalue weighted by atomic mass is 9.87. The van der Waals surface area contributed by atoms with Gasteiger partial charge in [0, 0.05) is 24.3 Å². The zero-order chi connectivity index (χ0) is 13.9. The van der Waals surface area contributed by atoms with E-state index in [0.717, 1.165) is 10.9 Å². The van der Waals surface area contributed by atoms with Crippen molar-refractivity contribution in [3.8, 4) is 0 Å². The number of fused-ring (bicyclic) bond motifs is 1. The predicted octanol–water partition coefficient (Wildman–Crippen LogP) is 3.62. The van der Waals surface area contributed by atoms with E-state index in [2.05, 4.69) is 4.98 Å². The molecule has 3 heteroatoms. The van der Waals surface area contributed by atoms with Gasteiger partial charge in [-0.15, -0.1) is 0 Å². The van der Waals surface area contributed by atoms with Crippen LogP contribution in [0.15, 0.2) is 36.5 Å². The van der Waals surface area contributed by atoms with Crippen LogP contribution < -0.4 is 0 Å². The van der Waals surface area contributed by atoms with E-state index in [4.69, 9.17) is 4.74 Å². The van der Waals surface area contributed by atoms with Crippen molar-refractivity contribution in [2.75, 3.05) is 7.11 Å². The van der Waals surface area contributed by atoms with Crippen LogP contribution in [0.2, 0.25) is 0 Å². The summed E-state index contributed by atoms with van der Waals surface area (Å²) in [5.41, 5.74) is 0.782. The highest BCUT2D eigenvalue weighted by Crippen LogP contribution is 2.26. The molecule has 0 radical (unpaired) electrons. The van der Waals surface area contributed by atoms with Crippen LogP contribution in [0.3, 0.4) is 0 Å². The first kappa shape index (κ1) is 13.7. The average molecular weight is 257 g/mol. The molecule has 0 aliphatic carbocycles. The zero-order valence-electron chi connectivity index (χ0n) is 11.6. The number of aromatic nitrogens is 1. The van der Waals surface area contributed by atoms with Gasteiger partial charge in [-0.3, -0.25) is 9.78 Å². The van der Waals surface area contributed by atoms with E-state index in [9.17, 15) is 4.79 Å². The van der Waals surface area contributed by atoms with Crippen LogP contribution in [-0.4, -0.2) is 23.5 Å². The lowest BCUT2D eigenvalue weighted by molar-refractivity contribution is -0.00260. The van der Waals surface area contributed by atoms with Crippen LogP contribution in [0, 0.1) is 0 Å². The minimum atomic E-state index is -0.720. The number of hydrogen-bond acceptors (Lipinski definition) is 3. The molecule has 0 saturated carbocycles. The molecule has 0 fully saturated rings. The number of benzene rings is 1. The van der Waals surface area contributed by atoms with E-state index in [1.807, 2.05) is 44.2 Å². The van der Waals surface area contributed by atoms with Gasteiger partial charge in [0.05, 0.1) is 5.52 Å². The van der Waals surface area contributed by atoms with Crippen molar-refractivity contribution in [2.45, 2.75) is 32.3 Å². The van der Waals surface area contributed by atoms with Crippen molar-refractivity contribution in [1.82, 2.24) is 4.98 Å². The largest absolute Gasteiger partial charge is 0.370 e. The van der Waals surface area contributed by atoms with Gasteiger partial charge in [-0.25, -0.2) is 0 Å². The van der Waals surface area contributed by atoms with Gasteiger partial charge < -0.3 is 4.74 Å². The van der Waals surface area contributed by atoms with Crippen molar-refractivity contribution >= 4 is 16.7 Å². The Morgan fingerprint density at radius 3 is 2.63 bits per heavy atom. The zero-order valence-corrected chi connectivity index (χ0v) is 11.6. The highest BCUT2D eigenvalue weighted by atomic mass is 16.5. The van der Waals surface area contributed by atoms with Gasteiger partial charge in [-0.2, -0.15) is 0 Å². The van der Waals surface area contributed by atoms with Crippen LogP contribution in [0.5, 0.6) is 0 Å². The van der Waals surface area contributed by atoms with Gasteiger partial charge in [0.15, 0.2) is 5.78 Å². The van der Waals surface area contributed by atoms with Crippen LogP contribution in [0.1, 0.15) is 37.0 Å². The number of rotatable bonds is 5. The molecule has 1 aromatic carbocycles. The Bertz CT molecular complexity index is 580. The lowest BCUT2D eigenvalue weighted by Gasteiger charge is -2.28. The Morgan fingerprint density at radius 2 is 2.00 bits per heavy atom. The van der Waals surface area contributed by atoms with Gasteiger partial charge in [0.2, 0.25) is 0 Å². The quantitative estimate of drug-likeness (QED) is 0.768. The SMILES string of the molecule is CCC(CC)(OC)C(=O)c1ccc2cccnc2c1. The minimum absolute atomic E-state index is 0.0348. The normalized spacial score (nSPS) is 11.7. The number of hydrogen-bond donors (Lipinski definition) is 0. The van der Waals surface area contributed by atoms with E-state index in [1.54, 1.807) is 13.3 Å². The van der Waals surface area contributed by atoms with Gasteiger partial charge >= 0.3 is 0 Å². The summed E-state index contributed by atoms with van der Waals surface area (Å²) in [5.74, 6) is 0.0348. The number of methoxy groups -OCH3 is 1. The van der Waals surface area contributed by atoms with Crippen LogP contribution in [0.25, 0.3) is 10.9 Å². The van der Waals surface area contributed by atoms with Gasteiger partial charge in [-0.05, 0) is 25.0 Å². The van der Waals surface area contributed by atoms with Gasteiger partial charge in [0.25, 0.3) is 0 Å². The fraction of sp³-hybridized carbons (Fsp3) is 0.375. The maximum absolute atomic E-state index is 12.7. The smallest absolute Gasteiger partial charge is 0.194 e. The van der Waals surface area contributed by atoms with Gasteiger partial charge in [-0.1, -0.05) is 32.0 Å². The summed E-state index contributed by atoms with van der Waals surface area (Å²) >= 11 is 0. The van der Waals surface area contributed by atoms with Crippen LogP contribution >= 0.6 is 0 Å². The monoisotopic (exact) mass is 257 g/mol. The Kier molecular flexibility index (Phi) is 3.96. The first-order valence-corrected chi connectivity index (χ1v) is 6.61. The second-order valence-electron chi connectivity index (χ2n) is 4.65. The highest BCUT2D eigenvalue weighted by Gasteiger charge is 2.35. The minimum Gasteiger partial charge on any atom is -0.370 e. The number of pyridine rings is 1. The molecule has 1 aromatic heterocycles. The average Bonchev–Trinajstić information content (AvgIpc) is 2.49. The topological polar surface area (TPSA) is 39.2 Å². The summed E-state index contributed by atoms with van der Waals surface area (Å²) in [4.78, 5) is 16.9. The number of ketones is 1. The number of carbonyl (C=O) groups excluding carboxylic acids is 1. The van der Waals surface area contributed by atoms with E-state index in [-0.39, 0.29) is 5.78 Å². The molecule has 0 atom stereocenters. The Balaban J connectivity index is 2.46. The molecule has 2 aromatic rings. The third-order valence-corrected chi connectivity index (χ3v) is 3.81. The number of carbonyl (C=O) groups is 1. The molecule has 1 heterocycles. The highest BCUT2D eigenvalue weighted by molar-refractivity contribution is 6.04. The summed E-state index contributed by atoms with van der Waals surface area (Å²) < 4.78 is 5.49. The van der Waals surface area contributed by atoms with Crippen molar-refractivity contribution in [3.05, 3.63) is 42.1 Å². The molecule has 2 rings (SSSR count). The maximum Gasteiger partial charge on any atom is 0.194 e. The Morgan fingerprint density at radius 1 is 1.26 bits per heavy atom. The second kappa shape index (κ2) is 5.49. The molecule has 0 spiro atoms. The molecule has 3 nitrogen and oxygen atoms in total. The first-order valence-electron chi connectivity index (χ1n) is 6.61. The molecule has 0 bridgehead atoms. The van der Waals surface area contributed by atoms with Gasteiger partial charge in [0.1, 0.15) is 5.60 Å². The fourth-order valence-corrected chi connectivity index (χ4v) is 2.42. The number of nitrogens with zero attached hydrogens (tertiary/aromatic N) is 1. The summed E-state index contributed by atoms with van der Waals surface area (Å²) in [6.07, 6.45) is 3.07. The molecule has 0 aliphatic rings. The molecule has 100 valence electrons. The summed E-state index contributed by atoms with van der Waals surface area (Å²) in [7, 11) is 1.60. The number of Topliss-reactive ketones (excluding diaryl/α,β-unsaturated/α-hetero) is 1. The third-order valence-electron chi connectivity index (χ3n) is 3.81. The summed E-state index contributed by atoms with van der Waals surface area (Å²) in [6, 6.07) is 9.50. The van der Waals surface area contributed by atoms with E-state index >= 15 is 0 Å². The molecule has 0 amide bonds. The van der Waals surface area contributed by atoms with Crippen molar-refractivity contribution in [1.29, 1.82) is 0 Å². The van der Waals surface area contributed by atoms with E-state index in [0.29, 0.717) is 18.4 Å². The predicted molar refractivity (Wildman–Crippen MR) is 76.4 cm³/mol. The van der Waals surface area contributed by atoms with Crippen molar-refractivity contribution in [2.24, 2.45) is 0 Å². The van der Waals surface area contributed by atoms with E-state index in [1.165, 1.54) is 0 Å². The fourth-order valence-electron chi connectivity index (χ4n) is 2.42. The molecule has 19 heavy (non-hydrogen) atoms. The molecule has 0 N–H and O–H groups in total. The molecular formula is C16H19NO2. The van der Waals surface area contributed by atoms with Crippen molar-refractivity contribution < 1.29 is 9.53 Å². The molecule has 0 saturated heterocycles. The Labute approximate surface area is 113 Å². The van der Waals surface area contributed by atoms with E-state index < -0.39 is 5.60 Å². The molecule has 0 aliphatic heterocycles. The van der Waals surface area contributed by atoms with Crippen molar-refractivity contribution in [3.63, 3.8) is 0 Å².